The third-order valence-electron chi connectivity index (χ3n) is 3.15. The van der Waals surface area contributed by atoms with Crippen molar-refractivity contribution in [1.29, 1.82) is 0 Å². The van der Waals surface area contributed by atoms with Gasteiger partial charge in [0.05, 0.1) is 11.9 Å². The van der Waals surface area contributed by atoms with E-state index in [0.717, 1.165) is 18.2 Å². The molecule has 2 aromatic rings. The maximum absolute atomic E-state index is 12.2. The van der Waals surface area contributed by atoms with E-state index in [2.05, 4.69) is 5.32 Å². The minimum Gasteiger partial charge on any atom is -0.545 e. The van der Waals surface area contributed by atoms with Crippen molar-refractivity contribution < 1.29 is 29.3 Å². The van der Waals surface area contributed by atoms with Gasteiger partial charge in [-0.2, -0.15) is 0 Å². The second-order valence-corrected chi connectivity index (χ2v) is 5.52. The molecule has 0 aromatic heterocycles. The highest BCUT2D eigenvalue weighted by Gasteiger charge is 2.16. The van der Waals surface area contributed by atoms with E-state index in [1.165, 1.54) is 13.0 Å². The van der Waals surface area contributed by atoms with Crippen LogP contribution in [0.3, 0.4) is 0 Å². The Balaban J connectivity index is 2.16. The fraction of sp³-hybridized carbons (Fsp3) is 0.118. The Labute approximate surface area is 147 Å². The summed E-state index contributed by atoms with van der Waals surface area (Å²) in [5.74, 6) is -3.41. The minimum atomic E-state index is -1.58. The number of aromatic carboxylic acids is 2. The van der Waals surface area contributed by atoms with Crippen LogP contribution in [0.4, 0.5) is 5.69 Å². The van der Waals surface area contributed by atoms with Gasteiger partial charge in [-0.1, -0.05) is 17.7 Å². The molecule has 0 aliphatic rings. The molecule has 0 bridgehead atoms. The third-order valence-corrected chi connectivity index (χ3v) is 3.39. The summed E-state index contributed by atoms with van der Waals surface area (Å²) in [7, 11) is 0. The van der Waals surface area contributed by atoms with Crippen molar-refractivity contribution in [3.63, 3.8) is 0 Å². The van der Waals surface area contributed by atoms with Crippen LogP contribution in [0.25, 0.3) is 0 Å². The number of nitrogens with one attached hydrogen (secondary N) is 1. The normalized spacial score (nSPS) is 11.4. The van der Waals surface area contributed by atoms with Crippen molar-refractivity contribution in [2.45, 2.75) is 13.0 Å². The van der Waals surface area contributed by atoms with Crippen LogP contribution < -0.4 is 20.3 Å². The highest BCUT2D eigenvalue weighted by atomic mass is 35.5. The SMILES string of the molecule is C[C@H](Oc1cccc(Cl)c1)C(=O)Nc1cc(C(=O)[O-])cc(C(=O)[O-])c1. The highest BCUT2D eigenvalue weighted by molar-refractivity contribution is 6.30. The zero-order chi connectivity index (χ0) is 18.6. The predicted molar refractivity (Wildman–Crippen MR) is 85.3 cm³/mol. The molecule has 0 aliphatic carbocycles. The molecule has 8 heteroatoms. The summed E-state index contributed by atoms with van der Waals surface area (Å²) in [5, 5.41) is 24.7. The van der Waals surface area contributed by atoms with Gasteiger partial charge in [-0.25, -0.2) is 0 Å². The predicted octanol–water partition coefficient (Wildman–Crippen LogP) is 0.473. The van der Waals surface area contributed by atoms with Crippen molar-refractivity contribution in [3.8, 4) is 5.75 Å². The Morgan fingerprint density at radius 3 is 2.16 bits per heavy atom. The number of halogens is 1. The first kappa shape index (κ1) is 18.3. The number of hydrogen-bond acceptors (Lipinski definition) is 6. The minimum absolute atomic E-state index is 0.0348. The molecule has 0 saturated carbocycles. The van der Waals surface area contributed by atoms with Crippen molar-refractivity contribution in [3.05, 3.63) is 58.6 Å². The molecule has 25 heavy (non-hydrogen) atoms. The van der Waals surface area contributed by atoms with Gasteiger partial charge in [-0.3, -0.25) is 4.79 Å². The molecule has 1 amide bonds. The Kier molecular flexibility index (Phi) is 5.61. The summed E-state index contributed by atoms with van der Waals surface area (Å²) >= 11 is 5.83. The van der Waals surface area contributed by atoms with Crippen LogP contribution in [0.15, 0.2) is 42.5 Å². The number of ether oxygens (including phenoxy) is 1. The van der Waals surface area contributed by atoms with Gasteiger partial charge in [0, 0.05) is 10.7 Å². The van der Waals surface area contributed by atoms with Gasteiger partial charge >= 0.3 is 0 Å². The lowest BCUT2D eigenvalue weighted by Crippen LogP contribution is -2.31. The summed E-state index contributed by atoms with van der Waals surface area (Å²) in [5.41, 5.74) is -0.840. The maximum Gasteiger partial charge on any atom is 0.265 e. The van der Waals surface area contributed by atoms with Crippen LogP contribution in [0, 0.1) is 0 Å². The van der Waals surface area contributed by atoms with Gasteiger partial charge in [0.15, 0.2) is 6.10 Å². The van der Waals surface area contributed by atoms with E-state index in [4.69, 9.17) is 16.3 Å². The standard InChI is InChI=1S/C17H14ClNO6/c1-9(25-14-4-2-3-12(18)8-14)15(20)19-13-6-10(16(21)22)5-11(7-13)17(23)24/h2-9H,1H3,(H,19,20)(H,21,22)(H,23,24)/p-2/t9-/m0/s1. The molecule has 0 radical (unpaired) electrons. The maximum atomic E-state index is 12.2. The lowest BCUT2D eigenvalue weighted by molar-refractivity contribution is -0.255. The molecular formula is C17H12ClNO6-2. The summed E-state index contributed by atoms with van der Waals surface area (Å²) in [6.07, 6.45) is -0.948. The fourth-order valence-electron chi connectivity index (χ4n) is 1.98. The number of carboxylic acids is 2. The first-order valence-electron chi connectivity index (χ1n) is 7.07. The number of amides is 1. The van der Waals surface area contributed by atoms with Crippen LogP contribution in [0.5, 0.6) is 5.75 Å². The van der Waals surface area contributed by atoms with Crippen LogP contribution in [0.1, 0.15) is 27.6 Å². The van der Waals surface area contributed by atoms with Gasteiger partial charge in [-0.05, 0) is 54.4 Å². The molecule has 7 nitrogen and oxygen atoms in total. The number of hydrogen-bond donors (Lipinski definition) is 1. The van der Waals surface area contributed by atoms with Crippen LogP contribution in [-0.2, 0) is 4.79 Å². The van der Waals surface area contributed by atoms with Crippen molar-refractivity contribution >= 4 is 35.1 Å². The third kappa shape index (κ3) is 4.95. The molecule has 0 fully saturated rings. The lowest BCUT2D eigenvalue weighted by atomic mass is 10.1. The summed E-state index contributed by atoms with van der Waals surface area (Å²) in [4.78, 5) is 34.1. The molecular weight excluding hydrogens is 350 g/mol. The quantitative estimate of drug-likeness (QED) is 0.799. The van der Waals surface area contributed by atoms with Crippen LogP contribution >= 0.6 is 11.6 Å². The smallest absolute Gasteiger partial charge is 0.265 e. The lowest BCUT2D eigenvalue weighted by Gasteiger charge is -2.16. The topological polar surface area (TPSA) is 119 Å². The van der Waals surface area contributed by atoms with Crippen molar-refractivity contribution in [2.75, 3.05) is 5.32 Å². The average Bonchev–Trinajstić information content (AvgIpc) is 2.54. The number of carboxylic acid groups (broad SMARTS) is 2. The molecule has 1 N–H and O–H groups in total. The summed E-state index contributed by atoms with van der Waals surface area (Å²) in [6.45, 7) is 1.47. The molecule has 2 rings (SSSR count). The Hall–Kier alpha value is -3.06. The molecule has 0 aliphatic heterocycles. The van der Waals surface area contributed by atoms with Crippen LogP contribution in [0.2, 0.25) is 5.02 Å². The molecule has 1 atom stereocenters. The zero-order valence-electron chi connectivity index (χ0n) is 12.9. The van der Waals surface area contributed by atoms with E-state index in [1.807, 2.05) is 0 Å². The Morgan fingerprint density at radius 2 is 1.64 bits per heavy atom. The molecule has 0 unspecified atom stereocenters. The largest absolute Gasteiger partial charge is 0.545 e. The number of carbonyl (C=O) groups is 3. The summed E-state index contributed by atoms with van der Waals surface area (Å²) < 4.78 is 5.43. The van der Waals surface area contributed by atoms with Gasteiger partial charge in [0.2, 0.25) is 0 Å². The molecule has 0 heterocycles. The van der Waals surface area contributed by atoms with E-state index in [-0.39, 0.29) is 5.69 Å². The number of benzene rings is 2. The first-order valence-corrected chi connectivity index (χ1v) is 7.45. The first-order chi connectivity index (χ1) is 11.8. The van der Waals surface area contributed by atoms with E-state index in [1.54, 1.807) is 18.2 Å². The second-order valence-electron chi connectivity index (χ2n) is 5.08. The van der Waals surface area contributed by atoms with Gasteiger partial charge in [-0.15, -0.1) is 0 Å². The average molecular weight is 362 g/mol. The van der Waals surface area contributed by atoms with E-state index in [0.29, 0.717) is 10.8 Å². The fourth-order valence-corrected chi connectivity index (χ4v) is 2.16. The van der Waals surface area contributed by atoms with E-state index in [9.17, 15) is 24.6 Å². The highest BCUT2D eigenvalue weighted by Crippen LogP contribution is 2.19. The molecule has 130 valence electrons. The second kappa shape index (κ2) is 7.67. The van der Waals surface area contributed by atoms with Gasteiger partial charge in [0.25, 0.3) is 5.91 Å². The van der Waals surface area contributed by atoms with E-state index < -0.39 is 35.1 Å². The molecule has 0 spiro atoms. The van der Waals surface area contributed by atoms with Crippen molar-refractivity contribution in [1.82, 2.24) is 0 Å². The summed E-state index contributed by atoms with van der Waals surface area (Å²) in [6, 6.07) is 9.46. The zero-order valence-corrected chi connectivity index (χ0v) is 13.7. The van der Waals surface area contributed by atoms with Crippen molar-refractivity contribution in [2.24, 2.45) is 0 Å². The Morgan fingerprint density at radius 1 is 1.04 bits per heavy atom. The van der Waals surface area contributed by atoms with Crippen LogP contribution in [-0.4, -0.2) is 23.9 Å². The molecule has 0 saturated heterocycles. The van der Waals surface area contributed by atoms with Gasteiger partial charge < -0.3 is 29.9 Å². The number of carbonyl (C=O) groups excluding carboxylic acids is 3. The van der Waals surface area contributed by atoms with Gasteiger partial charge in [0.1, 0.15) is 5.75 Å². The van der Waals surface area contributed by atoms with E-state index >= 15 is 0 Å². The number of rotatable bonds is 6. The monoisotopic (exact) mass is 361 g/mol. The Bertz CT molecular complexity index is 803. The molecule has 2 aromatic carbocycles. The number of anilines is 1.